The highest BCUT2D eigenvalue weighted by Crippen LogP contribution is 2.31. The molecule has 2 fully saturated rings. The lowest BCUT2D eigenvalue weighted by Gasteiger charge is -2.26. The summed E-state index contributed by atoms with van der Waals surface area (Å²) >= 11 is 0. The predicted octanol–water partition coefficient (Wildman–Crippen LogP) is 4.57. The Morgan fingerprint density at radius 3 is 2.58 bits per heavy atom. The van der Waals surface area contributed by atoms with Crippen molar-refractivity contribution in [2.75, 3.05) is 26.3 Å². The van der Waals surface area contributed by atoms with Crippen LogP contribution in [-0.2, 0) is 4.79 Å². The minimum atomic E-state index is -0.0645. The zero-order valence-electron chi connectivity index (χ0n) is 19.2. The van der Waals surface area contributed by atoms with Crippen LogP contribution in [0, 0.1) is 5.92 Å². The first-order valence-electron chi connectivity index (χ1n) is 12.1. The van der Waals surface area contributed by atoms with Crippen molar-refractivity contribution in [1.82, 2.24) is 10.2 Å². The van der Waals surface area contributed by atoms with Crippen LogP contribution in [0.2, 0.25) is 0 Å². The zero-order chi connectivity index (χ0) is 22.1. The van der Waals surface area contributed by atoms with E-state index in [4.69, 9.17) is 9.47 Å². The van der Waals surface area contributed by atoms with Gasteiger partial charge in [-0.2, -0.15) is 0 Å². The monoisotopic (exact) mass is 430 g/mol. The minimum absolute atomic E-state index is 0.00308. The van der Waals surface area contributed by atoms with Crippen LogP contribution in [0.15, 0.2) is 18.2 Å². The van der Waals surface area contributed by atoms with Crippen molar-refractivity contribution in [3.63, 3.8) is 0 Å². The van der Waals surface area contributed by atoms with Crippen molar-refractivity contribution in [2.24, 2.45) is 5.92 Å². The number of nitrogens with zero attached hydrogens (tertiary/aromatic N) is 1. The molecule has 2 unspecified atom stereocenters. The molecule has 1 saturated heterocycles. The quantitative estimate of drug-likeness (QED) is 0.591. The highest BCUT2D eigenvalue weighted by atomic mass is 16.5. The average molecular weight is 431 g/mol. The molecule has 6 heteroatoms. The maximum Gasteiger partial charge on any atom is 0.260 e. The van der Waals surface area contributed by atoms with Crippen LogP contribution < -0.4 is 14.8 Å². The molecular formula is C25H38N2O4. The Morgan fingerprint density at radius 1 is 1.03 bits per heavy atom. The molecule has 1 aromatic carbocycles. The number of benzene rings is 1. The number of nitrogens with one attached hydrogen (secondary N) is 1. The Morgan fingerprint density at radius 2 is 1.84 bits per heavy atom. The lowest BCUT2D eigenvalue weighted by molar-refractivity contribution is -0.134. The van der Waals surface area contributed by atoms with Gasteiger partial charge in [-0.3, -0.25) is 9.59 Å². The molecule has 3 rings (SSSR count). The van der Waals surface area contributed by atoms with Gasteiger partial charge in [0, 0.05) is 24.7 Å². The number of ether oxygens (including phenoxy) is 2. The van der Waals surface area contributed by atoms with E-state index in [1.807, 2.05) is 11.8 Å². The number of amides is 2. The van der Waals surface area contributed by atoms with Gasteiger partial charge in [0.15, 0.2) is 18.1 Å². The van der Waals surface area contributed by atoms with Gasteiger partial charge in [-0.05, 0) is 69.6 Å². The molecule has 31 heavy (non-hydrogen) atoms. The van der Waals surface area contributed by atoms with Crippen molar-refractivity contribution in [2.45, 2.75) is 77.7 Å². The maximum atomic E-state index is 12.9. The number of carbonyl (C=O) groups excluding carboxylic acids is 2. The molecular weight excluding hydrogens is 392 g/mol. The molecule has 6 nitrogen and oxygen atoms in total. The summed E-state index contributed by atoms with van der Waals surface area (Å²) in [7, 11) is 0. The molecule has 2 atom stereocenters. The smallest absolute Gasteiger partial charge is 0.260 e. The van der Waals surface area contributed by atoms with Crippen molar-refractivity contribution in [3.8, 4) is 11.5 Å². The van der Waals surface area contributed by atoms with Crippen molar-refractivity contribution in [3.05, 3.63) is 23.8 Å². The van der Waals surface area contributed by atoms with E-state index in [0.29, 0.717) is 29.6 Å². The standard InChI is InChI=1S/C25H38N2O4/c1-3-5-10-19-11-9-12-21(19)26-25(29)20-13-14-22(23(17-20)30-4-2)31-18-24(28)27-15-7-6-8-16-27/h13-14,17,19,21H,3-12,15-16,18H2,1-2H3,(H,26,29). The number of hydrogen-bond acceptors (Lipinski definition) is 4. The number of piperidine rings is 1. The molecule has 0 radical (unpaired) electrons. The molecule has 2 amide bonds. The van der Waals surface area contributed by atoms with Crippen LogP contribution in [0.25, 0.3) is 0 Å². The van der Waals surface area contributed by atoms with Crippen LogP contribution in [0.4, 0.5) is 0 Å². The van der Waals surface area contributed by atoms with Crippen molar-refractivity contribution >= 4 is 11.8 Å². The summed E-state index contributed by atoms with van der Waals surface area (Å²) in [5.74, 6) is 1.54. The summed E-state index contributed by atoms with van der Waals surface area (Å²) in [6, 6.07) is 5.49. The third kappa shape index (κ3) is 6.62. The van der Waals surface area contributed by atoms with Crippen LogP contribution >= 0.6 is 0 Å². The number of carbonyl (C=O) groups is 2. The normalized spacial score (nSPS) is 21.0. The van der Waals surface area contributed by atoms with Crippen LogP contribution in [0.1, 0.15) is 82.0 Å². The molecule has 1 saturated carbocycles. The third-order valence-electron chi connectivity index (χ3n) is 6.47. The molecule has 172 valence electrons. The van der Waals surface area contributed by atoms with Gasteiger partial charge in [-0.25, -0.2) is 0 Å². The fourth-order valence-corrected chi connectivity index (χ4v) is 4.70. The lowest BCUT2D eigenvalue weighted by atomic mass is 9.96. The second-order valence-corrected chi connectivity index (χ2v) is 8.74. The fourth-order valence-electron chi connectivity index (χ4n) is 4.70. The Kier molecular flexibility index (Phi) is 9.04. The molecule has 1 aliphatic heterocycles. The Labute approximate surface area is 186 Å². The van der Waals surface area contributed by atoms with Gasteiger partial charge >= 0.3 is 0 Å². The molecule has 1 aliphatic carbocycles. The summed E-state index contributed by atoms with van der Waals surface area (Å²) in [6.07, 6.45) is 10.3. The second-order valence-electron chi connectivity index (χ2n) is 8.74. The molecule has 1 heterocycles. The van der Waals surface area contributed by atoms with E-state index in [2.05, 4.69) is 12.2 Å². The van der Waals surface area contributed by atoms with E-state index < -0.39 is 0 Å². The highest BCUT2D eigenvalue weighted by Gasteiger charge is 2.28. The van der Waals surface area contributed by atoms with E-state index in [1.165, 1.54) is 38.5 Å². The Balaban J connectivity index is 1.60. The summed E-state index contributed by atoms with van der Waals surface area (Å²) in [6.45, 7) is 6.17. The van der Waals surface area contributed by atoms with Gasteiger partial charge in [-0.15, -0.1) is 0 Å². The van der Waals surface area contributed by atoms with E-state index in [1.54, 1.807) is 18.2 Å². The maximum absolute atomic E-state index is 12.9. The van der Waals surface area contributed by atoms with Gasteiger partial charge in [0.1, 0.15) is 0 Å². The first-order chi connectivity index (χ1) is 15.1. The van der Waals surface area contributed by atoms with Gasteiger partial charge in [0.2, 0.25) is 0 Å². The van der Waals surface area contributed by atoms with E-state index in [9.17, 15) is 9.59 Å². The molecule has 2 aliphatic rings. The predicted molar refractivity (Wildman–Crippen MR) is 122 cm³/mol. The zero-order valence-corrected chi connectivity index (χ0v) is 19.2. The number of hydrogen-bond donors (Lipinski definition) is 1. The van der Waals surface area contributed by atoms with Crippen molar-refractivity contribution < 1.29 is 19.1 Å². The lowest BCUT2D eigenvalue weighted by Crippen LogP contribution is -2.38. The molecule has 0 bridgehead atoms. The largest absolute Gasteiger partial charge is 0.490 e. The molecule has 1 N–H and O–H groups in total. The average Bonchev–Trinajstić information content (AvgIpc) is 3.24. The number of rotatable bonds is 10. The van der Waals surface area contributed by atoms with E-state index >= 15 is 0 Å². The SMILES string of the molecule is CCCCC1CCCC1NC(=O)c1ccc(OCC(=O)N2CCCCC2)c(OCC)c1. The topological polar surface area (TPSA) is 67.9 Å². The first kappa shape index (κ1) is 23.4. The second kappa shape index (κ2) is 12.0. The Hall–Kier alpha value is -2.24. The summed E-state index contributed by atoms with van der Waals surface area (Å²) < 4.78 is 11.5. The summed E-state index contributed by atoms with van der Waals surface area (Å²) in [5.41, 5.74) is 0.569. The summed E-state index contributed by atoms with van der Waals surface area (Å²) in [5, 5.41) is 3.24. The van der Waals surface area contributed by atoms with E-state index in [-0.39, 0.29) is 24.5 Å². The number of unbranched alkanes of at least 4 members (excludes halogenated alkanes) is 1. The Bertz CT molecular complexity index is 730. The molecule has 0 aromatic heterocycles. The van der Waals surface area contributed by atoms with Gasteiger partial charge < -0.3 is 19.7 Å². The summed E-state index contributed by atoms with van der Waals surface area (Å²) in [4.78, 5) is 27.2. The highest BCUT2D eigenvalue weighted by molar-refractivity contribution is 5.95. The third-order valence-corrected chi connectivity index (χ3v) is 6.47. The van der Waals surface area contributed by atoms with Gasteiger partial charge in [-0.1, -0.05) is 26.2 Å². The molecule has 0 spiro atoms. The van der Waals surface area contributed by atoms with E-state index in [0.717, 1.165) is 32.4 Å². The first-order valence-corrected chi connectivity index (χ1v) is 12.1. The van der Waals surface area contributed by atoms with Crippen LogP contribution in [-0.4, -0.2) is 49.1 Å². The minimum Gasteiger partial charge on any atom is -0.490 e. The molecule has 1 aromatic rings. The van der Waals surface area contributed by atoms with Crippen LogP contribution in [0.3, 0.4) is 0 Å². The van der Waals surface area contributed by atoms with Gasteiger partial charge in [0.05, 0.1) is 6.61 Å². The fraction of sp³-hybridized carbons (Fsp3) is 0.680. The van der Waals surface area contributed by atoms with Crippen LogP contribution in [0.5, 0.6) is 11.5 Å². The van der Waals surface area contributed by atoms with Gasteiger partial charge in [0.25, 0.3) is 11.8 Å². The van der Waals surface area contributed by atoms with Crippen molar-refractivity contribution in [1.29, 1.82) is 0 Å². The number of likely N-dealkylation sites (tertiary alicyclic amines) is 1.